The Hall–Kier alpha value is -1.06. The summed E-state index contributed by atoms with van der Waals surface area (Å²) in [5.41, 5.74) is 1.43. The maximum atomic E-state index is 5.31. The van der Waals surface area contributed by atoms with Crippen molar-refractivity contribution in [1.29, 1.82) is 0 Å². The third-order valence-electron chi connectivity index (χ3n) is 4.80. The summed E-state index contributed by atoms with van der Waals surface area (Å²) in [4.78, 5) is 2.44. The van der Waals surface area contributed by atoms with Crippen molar-refractivity contribution in [3.63, 3.8) is 0 Å². The van der Waals surface area contributed by atoms with Crippen LogP contribution in [0.2, 0.25) is 0 Å². The standard InChI is InChI=1S/C17H26N2O/c1-19-8-4-6-15(12-19)18-16-9-14(10-16)13-5-3-7-17(11-13)20-2/h3,5,7,11,14-16,18H,4,6,8-10,12H2,1-2H3. The highest BCUT2D eigenvalue weighted by atomic mass is 16.5. The van der Waals surface area contributed by atoms with E-state index in [9.17, 15) is 0 Å². The van der Waals surface area contributed by atoms with Gasteiger partial charge in [0, 0.05) is 18.6 Å². The summed E-state index contributed by atoms with van der Waals surface area (Å²) >= 11 is 0. The number of nitrogens with zero attached hydrogens (tertiary/aromatic N) is 1. The molecule has 2 fully saturated rings. The molecule has 1 atom stereocenters. The predicted molar refractivity (Wildman–Crippen MR) is 82.4 cm³/mol. The van der Waals surface area contributed by atoms with Crippen molar-refractivity contribution in [2.45, 2.75) is 43.7 Å². The van der Waals surface area contributed by atoms with Gasteiger partial charge < -0.3 is 15.0 Å². The number of hydrogen-bond acceptors (Lipinski definition) is 3. The predicted octanol–water partition coefficient (Wildman–Crippen LogP) is 2.63. The van der Waals surface area contributed by atoms with Crippen LogP contribution < -0.4 is 10.1 Å². The molecule has 1 aromatic carbocycles. The minimum absolute atomic E-state index is 0.699. The van der Waals surface area contributed by atoms with Gasteiger partial charge in [-0.3, -0.25) is 0 Å². The van der Waals surface area contributed by atoms with Gasteiger partial charge >= 0.3 is 0 Å². The Kier molecular flexibility index (Phi) is 4.27. The van der Waals surface area contributed by atoms with Crippen molar-refractivity contribution >= 4 is 0 Å². The number of likely N-dealkylation sites (N-methyl/N-ethyl adjacent to an activating group) is 1. The topological polar surface area (TPSA) is 24.5 Å². The van der Waals surface area contributed by atoms with E-state index in [1.807, 2.05) is 6.07 Å². The van der Waals surface area contributed by atoms with Crippen LogP contribution in [-0.2, 0) is 0 Å². The van der Waals surface area contributed by atoms with Gasteiger partial charge in [-0.2, -0.15) is 0 Å². The van der Waals surface area contributed by atoms with Gasteiger partial charge in [0.05, 0.1) is 7.11 Å². The number of benzene rings is 1. The van der Waals surface area contributed by atoms with E-state index in [0.29, 0.717) is 18.0 Å². The molecule has 110 valence electrons. The molecule has 1 saturated heterocycles. The highest BCUT2D eigenvalue weighted by Crippen LogP contribution is 2.38. The zero-order valence-electron chi connectivity index (χ0n) is 12.6. The Balaban J connectivity index is 1.48. The SMILES string of the molecule is COc1cccc(C2CC(NC3CCCN(C)C3)C2)c1. The quantitative estimate of drug-likeness (QED) is 0.913. The highest BCUT2D eigenvalue weighted by Gasteiger charge is 2.32. The molecule has 3 heteroatoms. The third-order valence-corrected chi connectivity index (χ3v) is 4.80. The van der Waals surface area contributed by atoms with Gasteiger partial charge in [0.1, 0.15) is 5.75 Å². The second kappa shape index (κ2) is 6.15. The zero-order chi connectivity index (χ0) is 13.9. The number of ether oxygens (including phenoxy) is 1. The molecule has 3 rings (SSSR count). The van der Waals surface area contributed by atoms with Gasteiger partial charge in [-0.05, 0) is 62.9 Å². The van der Waals surface area contributed by atoms with Crippen LogP contribution in [-0.4, -0.2) is 44.2 Å². The lowest BCUT2D eigenvalue weighted by Gasteiger charge is -2.41. The minimum atomic E-state index is 0.699. The van der Waals surface area contributed by atoms with E-state index in [1.165, 1.54) is 44.3 Å². The molecule has 0 aromatic heterocycles. The molecule has 0 spiro atoms. The van der Waals surface area contributed by atoms with Crippen LogP contribution >= 0.6 is 0 Å². The van der Waals surface area contributed by atoms with Crippen LogP contribution in [0.5, 0.6) is 5.75 Å². The number of piperidine rings is 1. The molecule has 3 nitrogen and oxygen atoms in total. The molecule has 0 radical (unpaired) electrons. The summed E-state index contributed by atoms with van der Waals surface area (Å²) in [6.45, 7) is 2.47. The molecule has 1 N–H and O–H groups in total. The summed E-state index contributed by atoms with van der Waals surface area (Å²) < 4.78 is 5.31. The minimum Gasteiger partial charge on any atom is -0.497 e. The molecule has 1 aliphatic carbocycles. The van der Waals surface area contributed by atoms with Gasteiger partial charge in [0.2, 0.25) is 0 Å². The molecule has 2 aliphatic rings. The van der Waals surface area contributed by atoms with Gasteiger partial charge in [0.15, 0.2) is 0 Å². The second-order valence-electron chi connectivity index (χ2n) is 6.41. The average molecular weight is 274 g/mol. The molecule has 20 heavy (non-hydrogen) atoms. The average Bonchev–Trinajstić information content (AvgIpc) is 2.42. The monoisotopic (exact) mass is 274 g/mol. The van der Waals surface area contributed by atoms with E-state index in [4.69, 9.17) is 4.74 Å². The van der Waals surface area contributed by atoms with Crippen molar-refractivity contribution in [2.75, 3.05) is 27.2 Å². The zero-order valence-corrected chi connectivity index (χ0v) is 12.6. The first-order valence-corrected chi connectivity index (χ1v) is 7.83. The van der Waals surface area contributed by atoms with E-state index in [0.717, 1.165) is 5.75 Å². The molecule has 1 heterocycles. The number of hydrogen-bond donors (Lipinski definition) is 1. The molecule has 1 saturated carbocycles. The van der Waals surface area contributed by atoms with Crippen LogP contribution in [0, 0.1) is 0 Å². The van der Waals surface area contributed by atoms with Crippen molar-refractivity contribution in [3.8, 4) is 5.75 Å². The van der Waals surface area contributed by atoms with Crippen molar-refractivity contribution in [2.24, 2.45) is 0 Å². The first-order chi connectivity index (χ1) is 9.74. The van der Waals surface area contributed by atoms with E-state index >= 15 is 0 Å². The summed E-state index contributed by atoms with van der Waals surface area (Å²) in [5.74, 6) is 1.69. The normalized spacial score (nSPS) is 30.8. The summed E-state index contributed by atoms with van der Waals surface area (Å²) in [5, 5.41) is 3.84. The summed E-state index contributed by atoms with van der Waals surface area (Å²) in [6, 6.07) is 9.96. The molecule has 1 aromatic rings. The second-order valence-corrected chi connectivity index (χ2v) is 6.41. The largest absolute Gasteiger partial charge is 0.497 e. The van der Waals surface area contributed by atoms with Crippen LogP contribution in [0.4, 0.5) is 0 Å². The van der Waals surface area contributed by atoms with Crippen LogP contribution in [0.15, 0.2) is 24.3 Å². The maximum Gasteiger partial charge on any atom is 0.119 e. The van der Waals surface area contributed by atoms with Gasteiger partial charge in [0.25, 0.3) is 0 Å². The van der Waals surface area contributed by atoms with Crippen LogP contribution in [0.3, 0.4) is 0 Å². The first-order valence-electron chi connectivity index (χ1n) is 7.83. The van der Waals surface area contributed by atoms with E-state index in [1.54, 1.807) is 7.11 Å². The number of methoxy groups -OCH3 is 1. The lowest BCUT2D eigenvalue weighted by Crippen LogP contribution is -2.51. The van der Waals surface area contributed by atoms with Gasteiger partial charge in [-0.25, -0.2) is 0 Å². The Labute approximate surface area is 122 Å². The Morgan fingerprint density at radius 2 is 2.10 bits per heavy atom. The first kappa shape index (κ1) is 13.9. The molecule has 1 unspecified atom stereocenters. The van der Waals surface area contributed by atoms with Crippen LogP contribution in [0.1, 0.15) is 37.2 Å². The van der Waals surface area contributed by atoms with Crippen molar-refractivity contribution < 1.29 is 4.74 Å². The smallest absolute Gasteiger partial charge is 0.119 e. The number of rotatable bonds is 4. The Morgan fingerprint density at radius 1 is 1.25 bits per heavy atom. The van der Waals surface area contributed by atoms with E-state index < -0.39 is 0 Å². The fourth-order valence-corrected chi connectivity index (χ4v) is 3.56. The van der Waals surface area contributed by atoms with Crippen LogP contribution in [0.25, 0.3) is 0 Å². The third kappa shape index (κ3) is 3.15. The van der Waals surface area contributed by atoms with E-state index in [-0.39, 0.29) is 0 Å². The lowest BCUT2D eigenvalue weighted by atomic mass is 9.75. The Morgan fingerprint density at radius 3 is 2.85 bits per heavy atom. The van der Waals surface area contributed by atoms with Gasteiger partial charge in [-0.1, -0.05) is 12.1 Å². The van der Waals surface area contributed by atoms with Crippen molar-refractivity contribution in [3.05, 3.63) is 29.8 Å². The molecule has 0 bridgehead atoms. The molecular formula is C17H26N2O. The lowest BCUT2D eigenvalue weighted by molar-refractivity contribution is 0.184. The molecular weight excluding hydrogens is 248 g/mol. The molecule has 0 amide bonds. The van der Waals surface area contributed by atoms with E-state index in [2.05, 4.69) is 35.5 Å². The summed E-state index contributed by atoms with van der Waals surface area (Å²) in [6.07, 6.45) is 5.21. The Bertz CT molecular complexity index is 442. The molecule has 1 aliphatic heterocycles. The number of likely N-dealkylation sites (tertiary alicyclic amines) is 1. The number of nitrogens with one attached hydrogen (secondary N) is 1. The fraction of sp³-hybridized carbons (Fsp3) is 0.647. The highest BCUT2D eigenvalue weighted by molar-refractivity contribution is 5.32. The maximum absolute atomic E-state index is 5.31. The van der Waals surface area contributed by atoms with Crippen molar-refractivity contribution in [1.82, 2.24) is 10.2 Å². The summed E-state index contributed by atoms with van der Waals surface area (Å²) in [7, 11) is 3.97. The fourth-order valence-electron chi connectivity index (χ4n) is 3.56. The van der Waals surface area contributed by atoms with Gasteiger partial charge in [-0.15, -0.1) is 0 Å².